The maximum absolute atomic E-state index is 13.4. The van der Waals surface area contributed by atoms with Crippen molar-refractivity contribution in [1.29, 1.82) is 0 Å². The molecular weight excluding hydrogens is 658 g/mol. The number of methoxy groups -OCH3 is 3. The molecule has 5 aromatic rings. The van der Waals surface area contributed by atoms with E-state index in [4.69, 9.17) is 14.2 Å². The summed E-state index contributed by atoms with van der Waals surface area (Å²) in [4.78, 5) is 28.7. The van der Waals surface area contributed by atoms with Crippen LogP contribution in [0, 0.1) is 20.8 Å². The van der Waals surface area contributed by atoms with Gasteiger partial charge in [-0.05, 0) is 51.9 Å². The van der Waals surface area contributed by atoms with Crippen LogP contribution in [0.2, 0.25) is 0 Å². The smallest absolute Gasteiger partial charge is 0.435 e. The maximum Gasteiger partial charge on any atom is 0.435 e. The summed E-state index contributed by atoms with van der Waals surface area (Å²) in [6.45, 7) is 5.53. The fourth-order valence-electron chi connectivity index (χ4n) is 4.21. The minimum atomic E-state index is -4.66. The topological polar surface area (TPSA) is 138 Å². The van der Waals surface area contributed by atoms with Crippen molar-refractivity contribution in [3.63, 3.8) is 0 Å². The summed E-state index contributed by atoms with van der Waals surface area (Å²) in [7, 11) is 6.27. The summed E-state index contributed by atoms with van der Waals surface area (Å²) in [6, 6.07) is 7.40. The van der Waals surface area contributed by atoms with Crippen LogP contribution in [0.25, 0.3) is 16.9 Å². The Labute approximate surface area is 276 Å². The minimum absolute atomic E-state index is 0.0316. The van der Waals surface area contributed by atoms with Crippen LogP contribution in [0.15, 0.2) is 46.9 Å². The van der Waals surface area contributed by atoms with Gasteiger partial charge in [0.25, 0.3) is 0 Å². The molecular formula is C30H31F3N8O4S2. The normalized spacial score (nSPS) is 11.0. The van der Waals surface area contributed by atoms with Gasteiger partial charge >= 0.3 is 6.18 Å². The lowest BCUT2D eigenvalue weighted by Crippen LogP contribution is -2.11. The van der Waals surface area contributed by atoms with Crippen molar-refractivity contribution in [3.05, 3.63) is 70.4 Å². The molecule has 0 fully saturated rings. The number of benzene rings is 1. The third-order valence-corrected chi connectivity index (χ3v) is 8.37. The van der Waals surface area contributed by atoms with Gasteiger partial charge in [-0.2, -0.15) is 23.3 Å². The van der Waals surface area contributed by atoms with E-state index in [1.807, 2.05) is 20.9 Å². The fourth-order valence-corrected chi connectivity index (χ4v) is 6.01. The number of nitrogens with one attached hydrogen (secondary N) is 2. The highest BCUT2D eigenvalue weighted by atomic mass is 32.2. The number of alkyl halides is 3. The van der Waals surface area contributed by atoms with Gasteiger partial charge in [0.15, 0.2) is 17.8 Å². The van der Waals surface area contributed by atoms with Crippen LogP contribution >= 0.6 is 23.3 Å². The van der Waals surface area contributed by atoms with Crippen LogP contribution in [0.1, 0.15) is 32.4 Å². The molecule has 0 atom stereocenters. The maximum atomic E-state index is 13.4. The fraction of sp³-hybridized carbons (Fsp3) is 0.267. The zero-order chi connectivity index (χ0) is 34.3. The Morgan fingerprint density at radius 3 is 2.17 bits per heavy atom. The van der Waals surface area contributed by atoms with E-state index in [1.165, 1.54) is 50.9 Å². The van der Waals surface area contributed by atoms with Crippen LogP contribution in [-0.4, -0.2) is 64.4 Å². The highest BCUT2D eigenvalue weighted by molar-refractivity contribution is 7.99. The highest BCUT2D eigenvalue weighted by Crippen LogP contribution is 2.33. The number of ether oxygens (including phenoxy) is 3. The number of aromatic nitrogens is 6. The van der Waals surface area contributed by atoms with Crippen molar-refractivity contribution in [2.75, 3.05) is 33.7 Å². The van der Waals surface area contributed by atoms with Gasteiger partial charge in [0.05, 0.1) is 41.8 Å². The van der Waals surface area contributed by atoms with Gasteiger partial charge in [0, 0.05) is 53.1 Å². The first kappa shape index (κ1) is 35.1. The number of rotatable bonds is 10. The number of aldehydes is 1. The van der Waals surface area contributed by atoms with Crippen LogP contribution < -0.4 is 24.2 Å². The molecule has 0 spiro atoms. The molecule has 12 nitrogen and oxygen atoms in total. The van der Waals surface area contributed by atoms with Gasteiger partial charge in [-0.25, -0.2) is 19.6 Å². The lowest BCUT2D eigenvalue weighted by atomic mass is 10.1. The van der Waals surface area contributed by atoms with E-state index in [2.05, 4.69) is 35.1 Å². The summed E-state index contributed by atoms with van der Waals surface area (Å²) in [6.07, 6.45) is -1.30. The second-order valence-corrected chi connectivity index (χ2v) is 12.1. The Morgan fingerprint density at radius 1 is 0.936 bits per heavy atom. The van der Waals surface area contributed by atoms with Crippen molar-refractivity contribution >= 4 is 41.2 Å². The van der Waals surface area contributed by atoms with E-state index in [1.54, 1.807) is 41.5 Å². The lowest BCUT2D eigenvalue weighted by Gasteiger charge is -2.14. The van der Waals surface area contributed by atoms with Gasteiger partial charge in [-0.1, -0.05) is 0 Å². The van der Waals surface area contributed by atoms with E-state index in [0.717, 1.165) is 21.4 Å². The molecule has 0 aliphatic carbocycles. The SMILES string of the molecule is CNSc1sc(C)nc1C.COc1cc(Nc2ncc(-c3cnc(OC)c(C=O)c3)c(-n3nc(C(F)(F)F)cc3C)n2)cc(OC)c1. The third kappa shape index (κ3) is 8.55. The number of hydrogen-bond donors (Lipinski definition) is 2. The predicted molar refractivity (Wildman–Crippen MR) is 173 cm³/mol. The standard InChI is InChI=1S/C24H21F3N6O4.C6H10N2S2/c1-13-5-20(24(25,26)27)32-33(13)21-19(14-6-15(12-34)22(37-4)28-10-14)11-29-23(31-21)30-16-7-17(35-2)9-18(8-16)36-3;1-4-6(10-7-3)9-5(2)8-4/h5-12H,1-4H3,(H,29,30,31);7H,1-3H3. The Balaban J connectivity index is 0.000000427. The molecule has 5 rings (SSSR count). The molecule has 0 bridgehead atoms. The quantitative estimate of drug-likeness (QED) is 0.120. The largest absolute Gasteiger partial charge is 0.497 e. The Morgan fingerprint density at radius 2 is 1.64 bits per heavy atom. The minimum Gasteiger partial charge on any atom is -0.497 e. The van der Waals surface area contributed by atoms with E-state index >= 15 is 0 Å². The van der Waals surface area contributed by atoms with Crippen LogP contribution in [0.3, 0.4) is 0 Å². The molecule has 47 heavy (non-hydrogen) atoms. The monoisotopic (exact) mass is 688 g/mol. The zero-order valence-electron chi connectivity index (χ0n) is 26.4. The molecule has 0 amide bonds. The molecule has 0 unspecified atom stereocenters. The molecule has 2 N–H and O–H groups in total. The van der Waals surface area contributed by atoms with Crippen molar-refractivity contribution in [2.45, 2.75) is 31.2 Å². The Hall–Kier alpha value is -4.74. The lowest BCUT2D eigenvalue weighted by molar-refractivity contribution is -0.141. The van der Waals surface area contributed by atoms with Gasteiger partial charge in [0.2, 0.25) is 11.8 Å². The summed E-state index contributed by atoms with van der Waals surface area (Å²) in [5.41, 5.74) is 1.54. The van der Waals surface area contributed by atoms with E-state index in [-0.39, 0.29) is 34.5 Å². The van der Waals surface area contributed by atoms with E-state index in [9.17, 15) is 18.0 Å². The number of thiazole rings is 1. The predicted octanol–water partition coefficient (Wildman–Crippen LogP) is 6.62. The van der Waals surface area contributed by atoms with E-state index in [0.29, 0.717) is 29.0 Å². The molecule has 4 heterocycles. The molecule has 0 saturated heterocycles. The van der Waals surface area contributed by atoms with Crippen LogP contribution in [-0.2, 0) is 6.18 Å². The number of aryl methyl sites for hydroxylation is 3. The number of hydrogen-bond acceptors (Lipinski definition) is 13. The Kier molecular flexibility index (Phi) is 11.4. The second-order valence-electron chi connectivity index (χ2n) is 9.59. The number of halogens is 3. The highest BCUT2D eigenvalue weighted by Gasteiger charge is 2.35. The first-order valence-electron chi connectivity index (χ1n) is 13.7. The summed E-state index contributed by atoms with van der Waals surface area (Å²) >= 11 is 3.36. The van der Waals surface area contributed by atoms with Crippen molar-refractivity contribution < 1.29 is 32.2 Å². The Bertz CT molecular complexity index is 1840. The molecule has 248 valence electrons. The average molecular weight is 689 g/mol. The van der Waals surface area contributed by atoms with Crippen LogP contribution in [0.5, 0.6) is 17.4 Å². The summed E-state index contributed by atoms with van der Waals surface area (Å²) < 4.78 is 61.2. The first-order valence-corrected chi connectivity index (χ1v) is 15.3. The number of pyridine rings is 1. The molecule has 1 aromatic carbocycles. The second kappa shape index (κ2) is 15.2. The van der Waals surface area contributed by atoms with E-state index < -0.39 is 11.9 Å². The molecule has 0 aliphatic heterocycles. The zero-order valence-corrected chi connectivity index (χ0v) is 28.0. The van der Waals surface area contributed by atoms with Crippen molar-refractivity contribution in [3.8, 4) is 34.3 Å². The molecule has 4 aromatic heterocycles. The molecule has 0 aliphatic rings. The number of carbonyl (C=O) groups is 1. The van der Waals surface area contributed by atoms with Crippen LogP contribution in [0.4, 0.5) is 24.8 Å². The van der Waals surface area contributed by atoms with Crippen molar-refractivity contribution in [2.24, 2.45) is 0 Å². The number of nitrogens with zero attached hydrogens (tertiary/aromatic N) is 6. The molecule has 17 heteroatoms. The van der Waals surface area contributed by atoms with Gasteiger partial charge < -0.3 is 19.5 Å². The molecule has 0 saturated carbocycles. The molecule has 0 radical (unpaired) electrons. The van der Waals surface area contributed by atoms with Gasteiger partial charge in [-0.3, -0.25) is 9.52 Å². The summed E-state index contributed by atoms with van der Waals surface area (Å²) in [5.74, 6) is 1.20. The number of anilines is 2. The van der Waals surface area contributed by atoms with Gasteiger partial charge in [0.1, 0.15) is 11.5 Å². The van der Waals surface area contributed by atoms with Crippen molar-refractivity contribution in [1.82, 2.24) is 34.4 Å². The third-order valence-electron chi connectivity index (χ3n) is 6.32. The average Bonchev–Trinajstić information content (AvgIpc) is 3.61. The van der Waals surface area contributed by atoms with Gasteiger partial charge in [-0.15, -0.1) is 11.3 Å². The first-order chi connectivity index (χ1) is 22.4. The summed E-state index contributed by atoms with van der Waals surface area (Å²) in [5, 5.41) is 7.87. The number of carbonyl (C=O) groups excluding carboxylic acids is 1.